The summed E-state index contributed by atoms with van der Waals surface area (Å²) in [6, 6.07) is 7.81. The van der Waals surface area contributed by atoms with Gasteiger partial charge in [0.2, 0.25) is 5.95 Å². The molecule has 0 unspecified atom stereocenters. The van der Waals surface area contributed by atoms with Gasteiger partial charge in [0.25, 0.3) is 11.8 Å². The van der Waals surface area contributed by atoms with E-state index in [0.717, 1.165) is 24.0 Å². The Kier molecular flexibility index (Phi) is 9.56. The number of aromatic nitrogens is 2. The van der Waals surface area contributed by atoms with E-state index < -0.39 is 17.9 Å². The van der Waals surface area contributed by atoms with E-state index in [-0.39, 0.29) is 23.8 Å². The van der Waals surface area contributed by atoms with Crippen LogP contribution in [0.3, 0.4) is 0 Å². The SMILES string of the molecule is COC(=O)[C@H](CNC(=O)c1cccs1)NC(=O)c1c(C)nc(NCCCc2cccc(O)c2C)nc1C. The van der Waals surface area contributed by atoms with Crippen LogP contribution in [-0.2, 0) is 16.0 Å². The lowest BCUT2D eigenvalue weighted by Crippen LogP contribution is -2.49. The summed E-state index contributed by atoms with van der Waals surface area (Å²) in [6.07, 6.45) is 1.58. The van der Waals surface area contributed by atoms with Gasteiger partial charge in [0, 0.05) is 13.1 Å². The number of anilines is 1. The Morgan fingerprint density at radius 2 is 1.78 bits per heavy atom. The number of amides is 2. The highest BCUT2D eigenvalue weighted by atomic mass is 32.1. The van der Waals surface area contributed by atoms with Gasteiger partial charge < -0.3 is 25.8 Å². The fraction of sp³-hybridized carbons (Fsp3) is 0.346. The first-order chi connectivity index (χ1) is 17.7. The van der Waals surface area contributed by atoms with Crippen LogP contribution < -0.4 is 16.0 Å². The third-order valence-electron chi connectivity index (χ3n) is 5.82. The molecular weight excluding hydrogens is 494 g/mol. The highest BCUT2D eigenvalue weighted by molar-refractivity contribution is 7.12. The molecule has 1 atom stereocenters. The molecule has 2 aromatic heterocycles. The van der Waals surface area contributed by atoms with Crippen LogP contribution in [-0.4, -0.2) is 59.1 Å². The molecule has 11 heteroatoms. The maximum atomic E-state index is 13.0. The Bertz CT molecular complexity index is 1240. The van der Waals surface area contributed by atoms with E-state index in [1.165, 1.54) is 18.4 Å². The monoisotopic (exact) mass is 525 g/mol. The van der Waals surface area contributed by atoms with Gasteiger partial charge in [-0.25, -0.2) is 14.8 Å². The van der Waals surface area contributed by atoms with Crippen molar-refractivity contribution in [1.29, 1.82) is 0 Å². The van der Waals surface area contributed by atoms with Crippen molar-refractivity contribution in [2.45, 2.75) is 39.7 Å². The summed E-state index contributed by atoms with van der Waals surface area (Å²) in [5.41, 5.74) is 3.09. The average molecular weight is 526 g/mol. The van der Waals surface area contributed by atoms with Gasteiger partial charge in [-0.1, -0.05) is 18.2 Å². The molecule has 4 N–H and O–H groups in total. The predicted molar refractivity (Wildman–Crippen MR) is 141 cm³/mol. The van der Waals surface area contributed by atoms with Crippen molar-refractivity contribution in [3.05, 3.63) is 68.7 Å². The molecule has 0 radical (unpaired) electrons. The first-order valence-electron chi connectivity index (χ1n) is 11.8. The number of aryl methyl sites for hydroxylation is 3. The quantitative estimate of drug-likeness (QED) is 0.221. The number of esters is 1. The van der Waals surface area contributed by atoms with Crippen LogP contribution in [0.4, 0.5) is 5.95 Å². The van der Waals surface area contributed by atoms with Crippen LogP contribution in [0.15, 0.2) is 35.7 Å². The average Bonchev–Trinajstić information content (AvgIpc) is 3.41. The molecule has 0 spiro atoms. The minimum Gasteiger partial charge on any atom is -0.508 e. The zero-order chi connectivity index (χ0) is 26.9. The van der Waals surface area contributed by atoms with Crippen molar-refractivity contribution >= 4 is 35.1 Å². The maximum absolute atomic E-state index is 13.0. The molecule has 1 aromatic carbocycles. The molecule has 0 bridgehead atoms. The molecule has 0 saturated heterocycles. The number of aromatic hydroxyl groups is 1. The molecule has 0 aliphatic carbocycles. The molecule has 3 aromatic rings. The second-order valence-corrected chi connectivity index (χ2v) is 9.37. The Labute approximate surface area is 219 Å². The number of nitrogens with zero attached hydrogens (tertiary/aromatic N) is 2. The zero-order valence-corrected chi connectivity index (χ0v) is 22.1. The van der Waals surface area contributed by atoms with E-state index in [1.54, 1.807) is 37.4 Å². The molecule has 0 aliphatic heterocycles. The highest BCUT2D eigenvalue weighted by Crippen LogP contribution is 2.20. The summed E-state index contributed by atoms with van der Waals surface area (Å²) in [7, 11) is 1.21. The number of ether oxygens (including phenoxy) is 1. The molecule has 2 heterocycles. The molecule has 37 heavy (non-hydrogen) atoms. The van der Waals surface area contributed by atoms with Gasteiger partial charge in [-0.05, 0) is 62.3 Å². The standard InChI is InChI=1S/C26H31N5O5S/c1-15-18(8-5-10-20(15)32)9-6-12-27-26-29-16(2)22(17(3)30-26)24(34)31-19(25(35)36-4)14-28-23(33)21-11-7-13-37-21/h5,7-8,10-11,13,19,32H,6,9,12,14H2,1-4H3,(H,28,33)(H,31,34)(H,27,29,30)/t19-/m0/s1. The van der Waals surface area contributed by atoms with Crippen LogP contribution in [0.25, 0.3) is 0 Å². The molecule has 0 fully saturated rings. The largest absolute Gasteiger partial charge is 0.508 e. The molecule has 196 valence electrons. The lowest BCUT2D eigenvalue weighted by atomic mass is 10.0. The third kappa shape index (κ3) is 7.26. The fourth-order valence-electron chi connectivity index (χ4n) is 3.80. The predicted octanol–water partition coefficient (Wildman–Crippen LogP) is 2.92. The minimum atomic E-state index is -1.08. The molecule has 3 rings (SSSR count). The second-order valence-electron chi connectivity index (χ2n) is 8.42. The number of phenols is 1. The van der Waals surface area contributed by atoms with Gasteiger partial charge in [-0.15, -0.1) is 11.3 Å². The number of carbonyl (C=O) groups is 3. The number of hydrogen-bond acceptors (Lipinski definition) is 9. The lowest BCUT2D eigenvalue weighted by molar-refractivity contribution is -0.142. The summed E-state index contributed by atoms with van der Waals surface area (Å²) in [5, 5.41) is 20.1. The second kappa shape index (κ2) is 12.8. The van der Waals surface area contributed by atoms with Crippen molar-refractivity contribution in [2.24, 2.45) is 0 Å². The summed E-state index contributed by atoms with van der Waals surface area (Å²) in [5.74, 6) is -0.887. The van der Waals surface area contributed by atoms with E-state index >= 15 is 0 Å². The topological polar surface area (TPSA) is 143 Å². The number of rotatable bonds is 11. The minimum absolute atomic E-state index is 0.133. The number of hydrogen-bond donors (Lipinski definition) is 4. The van der Waals surface area contributed by atoms with Crippen LogP contribution in [0.2, 0.25) is 0 Å². The summed E-state index contributed by atoms with van der Waals surface area (Å²) in [6.45, 7) is 5.74. The van der Waals surface area contributed by atoms with Gasteiger partial charge in [-0.3, -0.25) is 9.59 Å². The van der Waals surface area contributed by atoms with Crippen LogP contribution >= 0.6 is 11.3 Å². The maximum Gasteiger partial charge on any atom is 0.330 e. The van der Waals surface area contributed by atoms with Gasteiger partial charge in [0.15, 0.2) is 0 Å². The normalized spacial score (nSPS) is 11.5. The summed E-state index contributed by atoms with van der Waals surface area (Å²) in [4.78, 5) is 46.8. The van der Waals surface area contributed by atoms with Gasteiger partial charge >= 0.3 is 5.97 Å². The van der Waals surface area contributed by atoms with E-state index in [1.807, 2.05) is 19.1 Å². The number of phenolic OH excluding ortho intramolecular Hbond substituents is 1. The van der Waals surface area contributed by atoms with Gasteiger partial charge in [-0.2, -0.15) is 0 Å². The Morgan fingerprint density at radius 1 is 1.05 bits per heavy atom. The van der Waals surface area contributed by atoms with Crippen LogP contribution in [0.1, 0.15) is 49.0 Å². The van der Waals surface area contributed by atoms with Crippen molar-refractivity contribution in [2.75, 3.05) is 25.5 Å². The summed E-state index contributed by atoms with van der Waals surface area (Å²) >= 11 is 1.27. The van der Waals surface area contributed by atoms with Crippen LogP contribution in [0, 0.1) is 20.8 Å². The van der Waals surface area contributed by atoms with Crippen molar-refractivity contribution in [3.8, 4) is 5.75 Å². The lowest BCUT2D eigenvalue weighted by Gasteiger charge is -2.18. The van der Waals surface area contributed by atoms with E-state index in [9.17, 15) is 19.5 Å². The van der Waals surface area contributed by atoms with E-state index in [4.69, 9.17) is 4.74 Å². The third-order valence-corrected chi connectivity index (χ3v) is 6.69. The highest BCUT2D eigenvalue weighted by Gasteiger charge is 2.25. The number of thiophene rings is 1. The van der Waals surface area contributed by atoms with Crippen LogP contribution in [0.5, 0.6) is 5.75 Å². The van der Waals surface area contributed by atoms with E-state index in [0.29, 0.717) is 28.8 Å². The van der Waals surface area contributed by atoms with Crippen molar-refractivity contribution < 1.29 is 24.2 Å². The number of methoxy groups -OCH3 is 1. The zero-order valence-electron chi connectivity index (χ0n) is 21.3. The van der Waals surface area contributed by atoms with Crippen molar-refractivity contribution in [1.82, 2.24) is 20.6 Å². The molecule has 2 amide bonds. The molecule has 0 saturated carbocycles. The van der Waals surface area contributed by atoms with E-state index in [2.05, 4.69) is 25.9 Å². The number of benzene rings is 1. The molecule has 10 nitrogen and oxygen atoms in total. The number of nitrogens with one attached hydrogen (secondary N) is 3. The Morgan fingerprint density at radius 3 is 2.43 bits per heavy atom. The Balaban J connectivity index is 1.60. The summed E-state index contributed by atoms with van der Waals surface area (Å²) < 4.78 is 4.79. The first-order valence-corrected chi connectivity index (χ1v) is 12.7. The van der Waals surface area contributed by atoms with Gasteiger partial charge in [0.1, 0.15) is 11.8 Å². The van der Waals surface area contributed by atoms with Gasteiger partial charge in [0.05, 0.1) is 28.9 Å². The smallest absolute Gasteiger partial charge is 0.330 e. The molecule has 0 aliphatic rings. The first kappa shape index (κ1) is 27.6. The van der Waals surface area contributed by atoms with Crippen molar-refractivity contribution in [3.63, 3.8) is 0 Å². The number of carbonyl (C=O) groups excluding carboxylic acids is 3. The molecular formula is C26H31N5O5S. The fourth-order valence-corrected chi connectivity index (χ4v) is 4.44. The Hall–Kier alpha value is -3.99.